The summed E-state index contributed by atoms with van der Waals surface area (Å²) in [7, 11) is 0. The fourth-order valence-electron chi connectivity index (χ4n) is 2.22. The van der Waals surface area contributed by atoms with Gasteiger partial charge in [-0.25, -0.2) is 12.1 Å². The predicted molar refractivity (Wildman–Crippen MR) is 96.6 cm³/mol. The van der Waals surface area contributed by atoms with Crippen molar-refractivity contribution in [2.45, 2.75) is 6.55 Å². The molecule has 24 heavy (non-hydrogen) atoms. The molecule has 0 aliphatic rings. The second kappa shape index (κ2) is 12.8. The Bertz CT molecular complexity index is 766. The Balaban J connectivity index is 0.000000409. The van der Waals surface area contributed by atoms with Crippen LogP contribution in [0.1, 0.15) is 0 Å². The summed E-state index contributed by atoms with van der Waals surface area (Å²) in [6.45, 7) is 2.03. The zero-order chi connectivity index (χ0) is 15.8. The Morgan fingerprint density at radius 1 is 0.792 bits per heavy atom. The molecule has 0 radical (unpaired) electrons. The molecule has 5 heteroatoms. The monoisotopic (exact) mass is 426 g/mol. The zero-order valence-corrected chi connectivity index (χ0v) is 18.0. The quantitative estimate of drug-likeness (QED) is 0.211. The Kier molecular flexibility index (Phi) is 12.5. The fourth-order valence-corrected chi connectivity index (χ4v) is 2.22. The molecule has 0 aliphatic heterocycles. The van der Waals surface area contributed by atoms with E-state index < -0.39 is 5.50 Å². The number of hydrogen-bond acceptors (Lipinski definition) is 0. The van der Waals surface area contributed by atoms with Gasteiger partial charge in [0.1, 0.15) is 0 Å². The first-order valence-electron chi connectivity index (χ1n) is 7.09. The molecule has 0 saturated heterocycles. The first-order valence-corrected chi connectivity index (χ1v) is 12.4. The first kappa shape index (κ1) is 23.5. The van der Waals surface area contributed by atoms with Gasteiger partial charge in [-0.2, -0.15) is 18.2 Å². The van der Waals surface area contributed by atoms with Gasteiger partial charge in [0.2, 0.25) is 0 Å². The van der Waals surface area contributed by atoms with Gasteiger partial charge in [0.05, 0.1) is 0 Å². The van der Waals surface area contributed by atoms with Crippen molar-refractivity contribution >= 4 is 38.1 Å². The average molecular weight is 428 g/mol. The second-order valence-electron chi connectivity index (χ2n) is 4.81. The third-order valence-electron chi connectivity index (χ3n) is 3.08. The van der Waals surface area contributed by atoms with E-state index in [4.69, 9.17) is 11.1 Å². The number of hydrogen-bond donors (Lipinski definition) is 0. The van der Waals surface area contributed by atoms with E-state index in [-0.39, 0.29) is 24.8 Å². The number of halogens is 3. The molecular weight excluding hydrogens is 411 g/mol. The molecule has 0 atom stereocenters. The van der Waals surface area contributed by atoms with E-state index in [1.54, 1.807) is 0 Å². The molecule has 0 aromatic heterocycles. The van der Waals surface area contributed by atoms with Crippen LogP contribution >= 0.6 is 11.1 Å². The fraction of sp³-hybridized carbons (Fsp3) is 0.0526. The molecule has 0 fully saturated rings. The van der Waals surface area contributed by atoms with Gasteiger partial charge >= 0.3 is 42.3 Å². The molecule has 0 unspecified atom stereocenters. The maximum Gasteiger partial charge on any atom is -0.0771 e. The Hall–Kier alpha value is -0.539. The topological polar surface area (TPSA) is 0 Å². The van der Waals surface area contributed by atoms with Crippen molar-refractivity contribution in [3.63, 3.8) is 0 Å². The van der Waals surface area contributed by atoms with Crippen LogP contribution in [0.2, 0.25) is 6.55 Å². The van der Waals surface area contributed by atoms with Gasteiger partial charge in [-0.05, 0) is 0 Å². The van der Waals surface area contributed by atoms with E-state index in [1.807, 2.05) is 56.1 Å². The summed E-state index contributed by atoms with van der Waals surface area (Å²) in [5.74, 6) is 0. The molecule has 0 nitrogen and oxygen atoms in total. The van der Waals surface area contributed by atoms with Crippen LogP contribution in [0.3, 0.4) is 0 Å². The van der Waals surface area contributed by atoms with Gasteiger partial charge < -0.3 is 24.8 Å². The summed E-state index contributed by atoms with van der Waals surface area (Å²) in [5, 5.41) is 5.39. The van der Waals surface area contributed by atoms with E-state index in [0.717, 1.165) is 0 Å². The van der Waals surface area contributed by atoms with Gasteiger partial charge in [0, 0.05) is 0 Å². The first-order chi connectivity index (χ1) is 10.7. The van der Waals surface area contributed by atoms with E-state index in [0.29, 0.717) is 0 Å². The van der Waals surface area contributed by atoms with Crippen LogP contribution < -0.4 is 24.8 Å². The summed E-state index contributed by atoms with van der Waals surface area (Å²) >= 11 is 7.41. The third-order valence-corrected chi connectivity index (χ3v) is 3.08. The maximum atomic E-state index is 5.38. The summed E-state index contributed by atoms with van der Waals surface area (Å²) in [6.07, 6.45) is 0. The predicted octanol–water partition coefficient (Wildman–Crippen LogP) is 0.0154. The zero-order valence-electron chi connectivity index (χ0n) is 13.2. The molecule has 124 valence electrons. The van der Waals surface area contributed by atoms with E-state index >= 15 is 0 Å². The van der Waals surface area contributed by atoms with Crippen molar-refractivity contribution in [1.29, 1.82) is 0 Å². The molecule has 0 aliphatic carbocycles. The SMILES string of the molecule is C[Si](Cl)=[Ti+2].[Cl-].[Cl-].c1cc[cH-]c1.c1ccc2c(c1)[cH-]c1ccccc12. The van der Waals surface area contributed by atoms with E-state index in [1.165, 1.54) is 21.5 Å². The molecule has 4 aromatic carbocycles. The molecular formula is C19H17Cl3SiTi-2. The Morgan fingerprint density at radius 3 is 1.50 bits per heavy atom. The summed E-state index contributed by atoms with van der Waals surface area (Å²) < 4.78 is 0. The van der Waals surface area contributed by atoms with Crippen LogP contribution in [0.4, 0.5) is 0 Å². The van der Waals surface area contributed by atoms with Gasteiger partial charge in [-0.3, -0.25) is 0 Å². The van der Waals surface area contributed by atoms with Crippen molar-refractivity contribution in [3.8, 4) is 0 Å². The Morgan fingerprint density at radius 2 is 1.17 bits per heavy atom. The van der Waals surface area contributed by atoms with Crippen molar-refractivity contribution in [2.24, 2.45) is 0 Å². The average Bonchev–Trinajstić information content (AvgIpc) is 3.18. The molecule has 0 bridgehead atoms. The summed E-state index contributed by atoms with van der Waals surface area (Å²) in [4.78, 5) is 0. The van der Waals surface area contributed by atoms with Gasteiger partial charge in [0.15, 0.2) is 0 Å². The minimum atomic E-state index is -0.407. The number of benzene rings is 2. The van der Waals surface area contributed by atoms with E-state index in [2.05, 4.69) is 54.6 Å². The molecule has 4 rings (SSSR count). The van der Waals surface area contributed by atoms with Crippen molar-refractivity contribution < 1.29 is 44.0 Å². The smallest absolute Gasteiger partial charge is 0.0771 e. The number of fused-ring (bicyclic) bond motifs is 3. The van der Waals surface area contributed by atoms with Crippen molar-refractivity contribution in [1.82, 2.24) is 0 Å². The van der Waals surface area contributed by atoms with Crippen LogP contribution in [0.15, 0.2) is 84.9 Å². The number of rotatable bonds is 0. The van der Waals surface area contributed by atoms with Crippen LogP contribution in [0, 0.1) is 0 Å². The molecule has 0 amide bonds. The van der Waals surface area contributed by atoms with Crippen molar-refractivity contribution in [3.05, 3.63) is 84.9 Å². The van der Waals surface area contributed by atoms with E-state index in [9.17, 15) is 0 Å². The summed E-state index contributed by atoms with van der Waals surface area (Å²) in [6, 6.07) is 29.3. The standard InChI is InChI=1S/C13H9.C5H5.CH3ClSi.2ClH.Ti/c1-3-7-12-10(5-1)9-11-6-2-4-8-13(11)12;1-2-4-5-3-1;1-3-2;;;/h1-9H;1-5H;1H3;2*1H;/q2*-1;;;;+2/p-2. The maximum absolute atomic E-state index is 5.38. The normalized spacial score (nSPS) is 8.83. The minimum Gasteiger partial charge on any atom is -1.00 e. The Labute approximate surface area is 172 Å². The van der Waals surface area contributed by atoms with Crippen LogP contribution in [-0.2, 0) is 19.2 Å². The van der Waals surface area contributed by atoms with Gasteiger partial charge in [-0.1, -0.05) is 36.4 Å². The van der Waals surface area contributed by atoms with Gasteiger partial charge in [-0.15, -0.1) is 39.7 Å². The van der Waals surface area contributed by atoms with Crippen LogP contribution in [0.25, 0.3) is 21.5 Å². The molecule has 0 N–H and O–H groups in total. The largest absolute Gasteiger partial charge is 1.00 e. The van der Waals surface area contributed by atoms with Gasteiger partial charge in [0.25, 0.3) is 0 Å². The third kappa shape index (κ3) is 7.57. The minimum absolute atomic E-state index is 0. The molecule has 0 heterocycles. The van der Waals surface area contributed by atoms with Crippen molar-refractivity contribution in [2.75, 3.05) is 0 Å². The molecule has 0 saturated carbocycles. The van der Waals surface area contributed by atoms with Crippen LogP contribution in [-0.4, -0.2) is 5.50 Å². The molecule has 4 aromatic rings. The summed E-state index contributed by atoms with van der Waals surface area (Å²) in [5.41, 5.74) is -0.407. The van der Waals surface area contributed by atoms with Crippen LogP contribution in [0.5, 0.6) is 0 Å². The second-order valence-corrected chi connectivity index (χ2v) is 12.6. The molecule has 0 spiro atoms.